The maximum atomic E-state index is 5.71. The third-order valence-electron chi connectivity index (χ3n) is 3.22. The molecule has 2 rings (SSSR count). The van der Waals surface area contributed by atoms with Crippen molar-refractivity contribution >= 4 is 12.2 Å². The number of hydrogen-bond acceptors (Lipinski definition) is 3. The van der Waals surface area contributed by atoms with Crippen molar-refractivity contribution in [2.75, 3.05) is 0 Å². The highest BCUT2D eigenvalue weighted by atomic mass is 16.8. The van der Waals surface area contributed by atoms with E-state index >= 15 is 0 Å². The average Bonchev–Trinajstić information content (AvgIpc) is 2.56. The minimum absolute atomic E-state index is 0.424. The molecule has 0 N–H and O–H groups in total. The van der Waals surface area contributed by atoms with Crippen LogP contribution in [0.1, 0.15) is 25.0 Å². The molecule has 0 aromatic heterocycles. The summed E-state index contributed by atoms with van der Waals surface area (Å²) in [6.45, 7) is 11.1. The van der Waals surface area contributed by atoms with Crippen molar-refractivity contribution in [1.82, 2.24) is 0 Å². The van der Waals surface area contributed by atoms with E-state index < -0.39 is 12.6 Å². The van der Waals surface area contributed by atoms with Gasteiger partial charge in [0.2, 0.25) is 12.6 Å². The molecule has 0 fully saturated rings. The van der Waals surface area contributed by atoms with Crippen LogP contribution < -0.4 is 9.47 Å². The van der Waals surface area contributed by atoms with Crippen molar-refractivity contribution in [1.29, 1.82) is 0 Å². The Labute approximate surface area is 137 Å². The second-order valence-electron chi connectivity index (χ2n) is 5.05. The van der Waals surface area contributed by atoms with Gasteiger partial charge in [-0.25, -0.2) is 0 Å². The molecular formula is C20H22O3. The molecule has 0 saturated carbocycles. The molecule has 0 aliphatic carbocycles. The van der Waals surface area contributed by atoms with Crippen LogP contribution in [0.3, 0.4) is 0 Å². The molecule has 0 bridgehead atoms. The number of hydrogen-bond donors (Lipinski definition) is 0. The van der Waals surface area contributed by atoms with Crippen LogP contribution in [0.15, 0.2) is 61.7 Å². The first kappa shape index (κ1) is 16.8. The Morgan fingerprint density at radius 3 is 1.35 bits per heavy atom. The summed E-state index contributed by atoms with van der Waals surface area (Å²) >= 11 is 0. The van der Waals surface area contributed by atoms with Gasteiger partial charge in [0.25, 0.3) is 0 Å². The summed E-state index contributed by atoms with van der Waals surface area (Å²) in [5.41, 5.74) is 2.09. The van der Waals surface area contributed by atoms with Gasteiger partial charge in [0, 0.05) is 0 Å². The predicted molar refractivity (Wildman–Crippen MR) is 94.3 cm³/mol. The number of ether oxygens (including phenoxy) is 3. The van der Waals surface area contributed by atoms with Gasteiger partial charge in [-0.15, -0.1) is 0 Å². The Bertz CT molecular complexity index is 571. The average molecular weight is 310 g/mol. The monoisotopic (exact) mass is 310 g/mol. The van der Waals surface area contributed by atoms with E-state index in [1.165, 1.54) is 0 Å². The molecule has 0 spiro atoms. The highest BCUT2D eigenvalue weighted by Crippen LogP contribution is 2.18. The van der Waals surface area contributed by atoms with E-state index in [9.17, 15) is 0 Å². The second-order valence-corrected chi connectivity index (χ2v) is 5.05. The Kier molecular flexibility index (Phi) is 6.01. The maximum absolute atomic E-state index is 5.71. The summed E-state index contributed by atoms with van der Waals surface area (Å²) in [5, 5.41) is 0. The van der Waals surface area contributed by atoms with E-state index in [1.807, 2.05) is 62.4 Å². The molecule has 0 aliphatic rings. The first-order valence-electron chi connectivity index (χ1n) is 7.54. The van der Waals surface area contributed by atoms with Crippen molar-refractivity contribution in [3.8, 4) is 11.5 Å². The molecule has 3 heteroatoms. The highest BCUT2D eigenvalue weighted by molar-refractivity contribution is 5.48. The Morgan fingerprint density at radius 2 is 1.04 bits per heavy atom. The lowest BCUT2D eigenvalue weighted by Gasteiger charge is -2.21. The van der Waals surface area contributed by atoms with Crippen molar-refractivity contribution in [2.45, 2.75) is 26.4 Å². The van der Waals surface area contributed by atoms with Gasteiger partial charge >= 0.3 is 0 Å². The summed E-state index contributed by atoms with van der Waals surface area (Å²) < 4.78 is 17.1. The van der Waals surface area contributed by atoms with Crippen LogP contribution in [0.25, 0.3) is 12.2 Å². The van der Waals surface area contributed by atoms with E-state index in [1.54, 1.807) is 12.2 Å². The topological polar surface area (TPSA) is 27.7 Å². The van der Waals surface area contributed by atoms with Gasteiger partial charge < -0.3 is 14.2 Å². The van der Waals surface area contributed by atoms with Crippen molar-refractivity contribution < 1.29 is 14.2 Å². The Balaban J connectivity index is 1.84. The van der Waals surface area contributed by atoms with Gasteiger partial charge in [-0.3, -0.25) is 0 Å². The summed E-state index contributed by atoms with van der Waals surface area (Å²) in [5.74, 6) is 1.48. The minimum atomic E-state index is -0.424. The minimum Gasteiger partial charge on any atom is -0.465 e. The van der Waals surface area contributed by atoms with Gasteiger partial charge in [-0.1, -0.05) is 49.6 Å². The Morgan fingerprint density at radius 1 is 0.696 bits per heavy atom. The van der Waals surface area contributed by atoms with Gasteiger partial charge in [0.1, 0.15) is 11.5 Å². The standard InChI is InChI=1S/C20H22O3/c1-5-17-7-11-19(12-8-17)22-15(3)21-16(4)23-20-13-9-18(6-2)10-14-20/h5-16H,1-2H2,3-4H3. The zero-order valence-corrected chi connectivity index (χ0v) is 13.6. The molecule has 2 unspecified atom stereocenters. The van der Waals surface area contributed by atoms with Crippen LogP contribution >= 0.6 is 0 Å². The normalized spacial score (nSPS) is 13.0. The molecule has 120 valence electrons. The SMILES string of the molecule is C=Cc1ccc(OC(C)OC(C)Oc2ccc(C=C)cc2)cc1. The molecule has 23 heavy (non-hydrogen) atoms. The van der Waals surface area contributed by atoms with Crippen LogP contribution in [-0.2, 0) is 4.74 Å². The van der Waals surface area contributed by atoms with Gasteiger partial charge in [0.05, 0.1) is 0 Å². The molecule has 2 aromatic carbocycles. The molecule has 2 aromatic rings. The zero-order valence-electron chi connectivity index (χ0n) is 13.6. The summed E-state index contributed by atoms with van der Waals surface area (Å²) in [7, 11) is 0. The largest absolute Gasteiger partial charge is 0.465 e. The lowest BCUT2D eigenvalue weighted by atomic mass is 10.2. The molecular weight excluding hydrogens is 288 g/mol. The smallest absolute Gasteiger partial charge is 0.200 e. The number of rotatable bonds is 8. The highest BCUT2D eigenvalue weighted by Gasteiger charge is 2.11. The molecule has 2 atom stereocenters. The van der Waals surface area contributed by atoms with Gasteiger partial charge in [0.15, 0.2) is 0 Å². The van der Waals surface area contributed by atoms with E-state index in [0.717, 1.165) is 22.6 Å². The van der Waals surface area contributed by atoms with Crippen molar-refractivity contribution in [3.63, 3.8) is 0 Å². The maximum Gasteiger partial charge on any atom is 0.200 e. The van der Waals surface area contributed by atoms with Crippen LogP contribution in [0.5, 0.6) is 11.5 Å². The molecule has 0 aliphatic heterocycles. The molecule has 3 nitrogen and oxygen atoms in total. The lowest BCUT2D eigenvalue weighted by molar-refractivity contribution is -0.167. The molecule has 0 saturated heterocycles. The zero-order chi connectivity index (χ0) is 16.7. The van der Waals surface area contributed by atoms with Crippen molar-refractivity contribution in [2.24, 2.45) is 0 Å². The van der Waals surface area contributed by atoms with Crippen LogP contribution in [0.4, 0.5) is 0 Å². The van der Waals surface area contributed by atoms with E-state index in [2.05, 4.69) is 13.2 Å². The molecule has 0 amide bonds. The first-order valence-corrected chi connectivity index (χ1v) is 7.54. The number of benzene rings is 2. The molecule has 0 heterocycles. The second kappa shape index (κ2) is 8.20. The van der Waals surface area contributed by atoms with E-state index in [4.69, 9.17) is 14.2 Å². The van der Waals surface area contributed by atoms with Crippen LogP contribution in [0.2, 0.25) is 0 Å². The van der Waals surface area contributed by atoms with Crippen LogP contribution in [-0.4, -0.2) is 12.6 Å². The quantitative estimate of drug-likeness (QED) is 0.632. The third kappa shape index (κ3) is 5.31. The third-order valence-corrected chi connectivity index (χ3v) is 3.22. The summed E-state index contributed by atoms with van der Waals surface area (Å²) in [4.78, 5) is 0. The van der Waals surface area contributed by atoms with E-state index in [0.29, 0.717) is 0 Å². The summed E-state index contributed by atoms with van der Waals surface area (Å²) in [6.07, 6.45) is 2.73. The van der Waals surface area contributed by atoms with Crippen LogP contribution in [0, 0.1) is 0 Å². The predicted octanol–water partition coefficient (Wildman–Crippen LogP) is 5.14. The fraction of sp³-hybridized carbons (Fsp3) is 0.200. The van der Waals surface area contributed by atoms with Gasteiger partial charge in [-0.05, 0) is 49.2 Å². The summed E-state index contributed by atoms with van der Waals surface area (Å²) in [6, 6.07) is 15.3. The van der Waals surface area contributed by atoms with Gasteiger partial charge in [-0.2, -0.15) is 0 Å². The molecule has 0 radical (unpaired) electrons. The Hall–Kier alpha value is -2.52. The lowest BCUT2D eigenvalue weighted by Crippen LogP contribution is -2.26. The van der Waals surface area contributed by atoms with Crippen molar-refractivity contribution in [3.05, 3.63) is 72.8 Å². The fourth-order valence-electron chi connectivity index (χ4n) is 2.07. The van der Waals surface area contributed by atoms with E-state index in [-0.39, 0.29) is 0 Å². The fourth-order valence-corrected chi connectivity index (χ4v) is 2.07. The first-order chi connectivity index (χ1) is 11.1.